The first-order valence-electron chi connectivity index (χ1n) is 6.25. The zero-order valence-electron chi connectivity index (χ0n) is 12.1. The van der Waals surface area contributed by atoms with E-state index in [1.807, 2.05) is 0 Å². The Morgan fingerprint density at radius 2 is 2.05 bits per heavy atom. The van der Waals surface area contributed by atoms with Crippen LogP contribution in [0.4, 0.5) is 4.79 Å². The number of nitrogens with one attached hydrogen (secondary N) is 1. The van der Waals surface area contributed by atoms with Gasteiger partial charge in [0.1, 0.15) is 17.1 Å². The number of aliphatic hydroxyl groups is 1. The number of phenolic OH excluding ortho intramolecular Hbond substituents is 1. The van der Waals surface area contributed by atoms with E-state index < -0.39 is 17.8 Å². The average molecular weight is 283 g/mol. The maximum absolute atomic E-state index is 11.5. The van der Waals surface area contributed by atoms with Crippen molar-refractivity contribution in [3.05, 3.63) is 23.8 Å². The quantitative estimate of drug-likeness (QED) is 0.786. The van der Waals surface area contributed by atoms with Gasteiger partial charge in [-0.25, -0.2) is 4.79 Å². The van der Waals surface area contributed by atoms with Gasteiger partial charge in [0.25, 0.3) is 0 Å². The first-order valence-corrected chi connectivity index (χ1v) is 6.25. The average Bonchev–Trinajstić information content (AvgIpc) is 2.33. The predicted molar refractivity (Wildman–Crippen MR) is 73.9 cm³/mol. The van der Waals surface area contributed by atoms with Crippen LogP contribution in [0.15, 0.2) is 18.2 Å². The molecule has 6 heteroatoms. The van der Waals surface area contributed by atoms with Gasteiger partial charge in [-0.3, -0.25) is 0 Å². The van der Waals surface area contributed by atoms with E-state index >= 15 is 0 Å². The number of carbonyl (C=O) groups excluding carboxylic acids is 1. The van der Waals surface area contributed by atoms with Crippen LogP contribution in [0.1, 0.15) is 32.4 Å². The molecule has 1 atom stereocenters. The second kappa shape index (κ2) is 6.47. The lowest BCUT2D eigenvalue weighted by Gasteiger charge is -2.21. The lowest BCUT2D eigenvalue weighted by molar-refractivity contribution is 0.0490. The van der Waals surface area contributed by atoms with Crippen molar-refractivity contribution < 1.29 is 24.5 Å². The number of hydrogen-bond acceptors (Lipinski definition) is 5. The first kappa shape index (κ1) is 16.1. The first-order chi connectivity index (χ1) is 9.23. The van der Waals surface area contributed by atoms with Gasteiger partial charge in [-0.2, -0.15) is 0 Å². The highest BCUT2D eigenvalue weighted by molar-refractivity contribution is 5.67. The third-order valence-electron chi connectivity index (χ3n) is 2.41. The second-order valence-corrected chi connectivity index (χ2v) is 5.32. The molecule has 1 aromatic carbocycles. The summed E-state index contributed by atoms with van der Waals surface area (Å²) in [7, 11) is 1.44. The highest BCUT2D eigenvalue weighted by Crippen LogP contribution is 2.28. The molecule has 6 nitrogen and oxygen atoms in total. The van der Waals surface area contributed by atoms with Gasteiger partial charge in [0, 0.05) is 11.6 Å². The van der Waals surface area contributed by atoms with E-state index in [9.17, 15) is 15.0 Å². The molecule has 3 N–H and O–H groups in total. The van der Waals surface area contributed by atoms with Crippen molar-refractivity contribution in [2.75, 3.05) is 13.7 Å². The molecule has 0 unspecified atom stereocenters. The molecule has 0 spiro atoms. The summed E-state index contributed by atoms with van der Waals surface area (Å²) in [6.45, 7) is 5.25. The minimum Gasteiger partial charge on any atom is -0.508 e. The number of benzene rings is 1. The highest BCUT2D eigenvalue weighted by atomic mass is 16.6. The zero-order chi connectivity index (χ0) is 15.3. The van der Waals surface area contributed by atoms with Crippen LogP contribution in [-0.2, 0) is 4.74 Å². The summed E-state index contributed by atoms with van der Waals surface area (Å²) in [6.07, 6.45) is -1.56. The Kier molecular flexibility index (Phi) is 5.21. The third-order valence-corrected chi connectivity index (χ3v) is 2.41. The number of carbonyl (C=O) groups is 1. The number of alkyl carbamates (subject to hydrolysis) is 1. The minimum absolute atomic E-state index is 0.0178. The zero-order valence-corrected chi connectivity index (χ0v) is 12.1. The molecule has 0 fully saturated rings. The minimum atomic E-state index is -0.960. The Labute approximate surface area is 118 Å². The van der Waals surface area contributed by atoms with Crippen molar-refractivity contribution >= 4 is 6.09 Å². The summed E-state index contributed by atoms with van der Waals surface area (Å²) in [5.41, 5.74) is -0.119. The molecular formula is C14H21NO5. The molecule has 0 radical (unpaired) electrons. The van der Waals surface area contributed by atoms with Gasteiger partial charge >= 0.3 is 6.09 Å². The molecule has 1 amide bonds. The van der Waals surface area contributed by atoms with Gasteiger partial charge in [-0.15, -0.1) is 0 Å². The standard InChI is InChI=1S/C14H21NO5/c1-14(2,3)20-13(18)15-8-11(17)10-6-5-9(16)7-12(10)19-4/h5-7,11,16-17H,8H2,1-4H3,(H,15,18)/t11-/m1/s1. The second-order valence-electron chi connectivity index (χ2n) is 5.32. The molecule has 112 valence electrons. The summed E-state index contributed by atoms with van der Waals surface area (Å²) < 4.78 is 10.1. The van der Waals surface area contributed by atoms with E-state index in [0.29, 0.717) is 11.3 Å². The number of ether oxygens (including phenoxy) is 2. The third kappa shape index (κ3) is 4.97. The summed E-state index contributed by atoms with van der Waals surface area (Å²) in [5.74, 6) is 0.390. The summed E-state index contributed by atoms with van der Waals surface area (Å²) >= 11 is 0. The number of amides is 1. The highest BCUT2D eigenvalue weighted by Gasteiger charge is 2.19. The summed E-state index contributed by atoms with van der Waals surface area (Å²) in [4.78, 5) is 11.5. The largest absolute Gasteiger partial charge is 0.508 e. The maximum atomic E-state index is 11.5. The molecule has 0 aromatic heterocycles. The van der Waals surface area contributed by atoms with Gasteiger partial charge in [0.05, 0.1) is 19.8 Å². The van der Waals surface area contributed by atoms with Crippen LogP contribution in [0, 0.1) is 0 Å². The Hall–Kier alpha value is -1.95. The number of phenols is 1. The molecule has 0 aliphatic rings. The van der Waals surface area contributed by atoms with Crippen LogP contribution >= 0.6 is 0 Å². The normalized spacial score (nSPS) is 12.7. The topological polar surface area (TPSA) is 88.0 Å². The lowest BCUT2D eigenvalue weighted by atomic mass is 10.1. The number of aliphatic hydroxyl groups excluding tert-OH is 1. The van der Waals surface area contributed by atoms with Gasteiger partial charge < -0.3 is 25.0 Å². The van der Waals surface area contributed by atoms with Crippen molar-refractivity contribution in [3.63, 3.8) is 0 Å². The molecule has 0 saturated heterocycles. The fraction of sp³-hybridized carbons (Fsp3) is 0.500. The molecule has 0 bridgehead atoms. The van der Waals surface area contributed by atoms with Crippen LogP contribution in [-0.4, -0.2) is 35.6 Å². The van der Waals surface area contributed by atoms with E-state index in [1.165, 1.54) is 25.3 Å². The number of aromatic hydroxyl groups is 1. The van der Waals surface area contributed by atoms with E-state index in [-0.39, 0.29) is 12.3 Å². The van der Waals surface area contributed by atoms with Gasteiger partial charge in [-0.1, -0.05) is 0 Å². The van der Waals surface area contributed by atoms with E-state index in [0.717, 1.165) is 0 Å². The van der Waals surface area contributed by atoms with Crippen LogP contribution in [0.25, 0.3) is 0 Å². The van der Waals surface area contributed by atoms with Gasteiger partial charge in [0.2, 0.25) is 0 Å². The van der Waals surface area contributed by atoms with Crippen molar-refractivity contribution in [3.8, 4) is 11.5 Å². The smallest absolute Gasteiger partial charge is 0.407 e. The molecular weight excluding hydrogens is 262 g/mol. The van der Waals surface area contributed by atoms with Crippen molar-refractivity contribution in [1.82, 2.24) is 5.32 Å². The summed E-state index contributed by atoms with van der Waals surface area (Å²) in [5, 5.41) is 21.9. The molecule has 1 rings (SSSR count). The molecule has 1 aromatic rings. The van der Waals surface area contributed by atoms with Crippen LogP contribution < -0.4 is 10.1 Å². The van der Waals surface area contributed by atoms with Gasteiger partial charge in [0.15, 0.2) is 0 Å². The fourth-order valence-electron chi connectivity index (χ4n) is 1.58. The number of methoxy groups -OCH3 is 1. The van der Waals surface area contributed by atoms with Crippen LogP contribution in [0.2, 0.25) is 0 Å². The van der Waals surface area contributed by atoms with Gasteiger partial charge in [-0.05, 0) is 32.9 Å². The molecule has 0 aliphatic carbocycles. The Morgan fingerprint density at radius 3 is 2.60 bits per heavy atom. The summed E-state index contributed by atoms with van der Waals surface area (Å²) in [6, 6.07) is 4.37. The monoisotopic (exact) mass is 283 g/mol. The van der Waals surface area contributed by atoms with Crippen molar-refractivity contribution in [2.45, 2.75) is 32.5 Å². The Morgan fingerprint density at radius 1 is 1.40 bits per heavy atom. The lowest BCUT2D eigenvalue weighted by Crippen LogP contribution is -2.34. The predicted octanol–water partition coefficient (Wildman–Crippen LogP) is 1.96. The number of hydrogen-bond donors (Lipinski definition) is 3. The SMILES string of the molecule is COc1cc(O)ccc1[C@H](O)CNC(=O)OC(C)(C)C. The van der Waals surface area contributed by atoms with E-state index in [2.05, 4.69) is 5.32 Å². The van der Waals surface area contributed by atoms with Crippen LogP contribution in [0.3, 0.4) is 0 Å². The van der Waals surface area contributed by atoms with Crippen molar-refractivity contribution in [2.24, 2.45) is 0 Å². The fourth-order valence-corrected chi connectivity index (χ4v) is 1.58. The molecule has 0 saturated carbocycles. The van der Waals surface area contributed by atoms with Crippen LogP contribution in [0.5, 0.6) is 11.5 Å². The Bertz CT molecular complexity index is 467. The molecule has 0 aliphatic heterocycles. The van der Waals surface area contributed by atoms with E-state index in [1.54, 1.807) is 20.8 Å². The molecule has 0 heterocycles. The Balaban J connectivity index is 2.63. The number of rotatable bonds is 4. The van der Waals surface area contributed by atoms with E-state index in [4.69, 9.17) is 9.47 Å². The maximum Gasteiger partial charge on any atom is 0.407 e. The van der Waals surface area contributed by atoms with Crippen molar-refractivity contribution in [1.29, 1.82) is 0 Å². The molecule has 20 heavy (non-hydrogen) atoms.